The summed E-state index contributed by atoms with van der Waals surface area (Å²) in [7, 11) is -2.87. The number of aromatic nitrogens is 2. The summed E-state index contributed by atoms with van der Waals surface area (Å²) in [6.07, 6.45) is -4.70. The normalized spacial score (nSPS) is 14.3. The number of benzene rings is 2. The van der Waals surface area contributed by atoms with Gasteiger partial charge in [0.1, 0.15) is 34.7 Å². The number of anilines is 1. The zero-order valence-corrected chi connectivity index (χ0v) is 17.5. The Morgan fingerprint density at radius 1 is 1.26 bits per heavy atom. The van der Waals surface area contributed by atoms with E-state index < -0.39 is 48.3 Å². The molecule has 5 N–H and O–H groups in total. The van der Waals surface area contributed by atoms with Crippen LogP contribution in [0.3, 0.4) is 0 Å². The molecule has 3 aromatic rings. The summed E-state index contributed by atoms with van der Waals surface area (Å²) in [5, 5.41) is 6.36. The molecule has 180 valence electrons. The van der Waals surface area contributed by atoms with Gasteiger partial charge in [0.05, 0.1) is 16.7 Å². The summed E-state index contributed by atoms with van der Waals surface area (Å²) < 4.78 is 87.3. The summed E-state index contributed by atoms with van der Waals surface area (Å²) in [5.74, 6) is -3.59. The molecule has 0 aliphatic heterocycles. The highest BCUT2D eigenvalue weighted by atomic mass is 19.4. The van der Waals surface area contributed by atoms with Crippen LogP contribution in [0, 0.1) is 5.82 Å². The van der Waals surface area contributed by atoms with E-state index in [9.17, 15) is 27.2 Å². The molecule has 1 aromatic heterocycles. The SMILES string of the molecule is [2H]NC(=O)c1c(-c2ccc(CNC(=O)c3cc(F)ccc3OC([2H])([2H])[2H])cc2)nn(C(C)C(F)(F)F)c1N. The molecular weight excluding hydrogens is 458 g/mol. The van der Waals surface area contributed by atoms with Crippen molar-refractivity contribution >= 4 is 17.6 Å². The van der Waals surface area contributed by atoms with Crippen molar-refractivity contribution in [3.8, 4) is 17.0 Å². The van der Waals surface area contributed by atoms with Gasteiger partial charge in [-0.1, -0.05) is 24.3 Å². The van der Waals surface area contributed by atoms with E-state index in [0.717, 1.165) is 25.1 Å². The van der Waals surface area contributed by atoms with Crippen LogP contribution in [0.25, 0.3) is 11.3 Å². The average Bonchev–Trinajstić information content (AvgIpc) is 3.18. The van der Waals surface area contributed by atoms with Gasteiger partial charge in [0.2, 0.25) is 0 Å². The van der Waals surface area contributed by atoms with Gasteiger partial charge in [0.25, 0.3) is 11.8 Å². The lowest BCUT2D eigenvalue weighted by Crippen LogP contribution is -2.26. The third-order valence-corrected chi connectivity index (χ3v) is 4.99. The van der Waals surface area contributed by atoms with Crippen molar-refractivity contribution in [3.63, 3.8) is 0 Å². The number of nitrogens with one attached hydrogen (secondary N) is 1. The van der Waals surface area contributed by atoms with Crippen molar-refractivity contribution in [3.05, 3.63) is 65.0 Å². The molecule has 0 aliphatic carbocycles. The van der Waals surface area contributed by atoms with Crippen molar-refractivity contribution in [1.29, 1.82) is 0 Å². The molecule has 1 unspecified atom stereocenters. The topological polar surface area (TPSA) is 125 Å². The second kappa shape index (κ2) is 9.41. The number of alkyl halides is 3. The monoisotopic (exact) mass is 483 g/mol. The number of carbonyl (C=O) groups excluding carboxylic acids is 2. The number of hydrogen-bond acceptors (Lipinski definition) is 5. The molecule has 0 radical (unpaired) electrons. The number of methoxy groups -OCH3 is 1. The van der Waals surface area contributed by atoms with Crippen LogP contribution in [0.2, 0.25) is 1.41 Å². The van der Waals surface area contributed by atoms with Gasteiger partial charge in [-0.05, 0) is 30.7 Å². The first-order valence-corrected chi connectivity index (χ1v) is 9.65. The number of nitrogens with zero attached hydrogens (tertiary/aromatic N) is 2. The highest BCUT2D eigenvalue weighted by Crippen LogP contribution is 2.35. The zero-order chi connectivity index (χ0) is 28.4. The van der Waals surface area contributed by atoms with Crippen LogP contribution in [0.5, 0.6) is 5.75 Å². The van der Waals surface area contributed by atoms with E-state index in [4.69, 9.17) is 16.0 Å². The summed E-state index contributed by atoms with van der Waals surface area (Å²) in [6, 6.07) is 6.41. The van der Waals surface area contributed by atoms with Crippen LogP contribution in [0.1, 0.15) is 43.4 Å². The maximum Gasteiger partial charge on any atom is 0.410 e. The number of halogens is 4. The minimum absolute atomic E-state index is 0.107. The Balaban J connectivity index is 1.84. The van der Waals surface area contributed by atoms with Crippen LogP contribution in [0.4, 0.5) is 23.4 Å². The van der Waals surface area contributed by atoms with Crippen molar-refractivity contribution in [1.82, 2.24) is 15.1 Å². The molecule has 3 rings (SSSR count). The molecule has 2 amide bonds. The fourth-order valence-electron chi connectivity index (χ4n) is 3.13. The van der Waals surface area contributed by atoms with E-state index in [1.807, 2.05) is 0 Å². The first-order valence-electron chi connectivity index (χ1n) is 11.6. The van der Waals surface area contributed by atoms with Crippen LogP contribution in [-0.2, 0) is 6.54 Å². The number of nitrogen functional groups attached to an aromatic ring is 1. The number of amides is 2. The molecule has 0 saturated carbocycles. The predicted octanol–water partition coefficient (Wildman–Crippen LogP) is 3.43. The molecule has 0 bridgehead atoms. The van der Waals surface area contributed by atoms with E-state index in [1.165, 1.54) is 24.3 Å². The van der Waals surface area contributed by atoms with E-state index in [1.54, 1.807) is 5.73 Å². The van der Waals surface area contributed by atoms with Crippen molar-refractivity contribution < 1.29 is 37.4 Å². The van der Waals surface area contributed by atoms with Crippen molar-refractivity contribution in [2.45, 2.75) is 25.7 Å². The van der Waals surface area contributed by atoms with Gasteiger partial charge in [-0.25, -0.2) is 9.07 Å². The van der Waals surface area contributed by atoms with Crippen LogP contribution in [0.15, 0.2) is 42.5 Å². The third-order valence-electron chi connectivity index (χ3n) is 4.99. The quantitative estimate of drug-likeness (QED) is 0.444. The van der Waals surface area contributed by atoms with Crippen LogP contribution >= 0.6 is 0 Å². The smallest absolute Gasteiger partial charge is 0.410 e. The largest absolute Gasteiger partial charge is 0.496 e. The first-order chi connectivity index (χ1) is 17.6. The first kappa shape index (κ1) is 19.4. The predicted molar refractivity (Wildman–Crippen MR) is 115 cm³/mol. The molecule has 2 aromatic carbocycles. The third kappa shape index (κ3) is 4.95. The van der Waals surface area contributed by atoms with Crippen LogP contribution in [-0.4, -0.2) is 34.8 Å². The second-order valence-electron chi connectivity index (χ2n) is 7.22. The number of carbonyl (C=O) groups is 2. The number of nitrogens with two attached hydrogens (primary N) is 2. The number of primary amides is 1. The second-order valence-corrected chi connectivity index (χ2v) is 7.22. The molecule has 1 atom stereocenters. The molecule has 0 fully saturated rings. The summed E-state index contributed by atoms with van der Waals surface area (Å²) >= 11 is 0. The molecule has 0 spiro atoms. The Bertz CT molecular complexity index is 1340. The molecule has 1 heterocycles. The Morgan fingerprint density at radius 2 is 1.97 bits per heavy atom. The Morgan fingerprint density at radius 3 is 2.59 bits per heavy atom. The van der Waals surface area contributed by atoms with Crippen molar-refractivity contribution in [2.24, 2.45) is 5.73 Å². The van der Waals surface area contributed by atoms with Crippen LogP contribution < -0.4 is 21.5 Å². The standard InChI is InChI=1S/C22H21F4N5O3/c1-11(22(24,25)26)31-19(27)17(20(28)32)18(30-31)13-5-3-12(4-6-13)10-29-21(33)15-9-14(23)7-8-16(15)34-2/h3-9,11H,10,27H2,1-2H3,(H2,28,32)(H,29,33)/i2D3/hD. The van der Waals surface area contributed by atoms with E-state index in [2.05, 4.69) is 10.4 Å². The lowest BCUT2D eigenvalue weighted by Gasteiger charge is -2.17. The minimum atomic E-state index is -4.70. The van der Waals surface area contributed by atoms with Gasteiger partial charge in [-0.3, -0.25) is 9.59 Å². The van der Waals surface area contributed by atoms with Gasteiger partial charge >= 0.3 is 6.18 Å². The van der Waals surface area contributed by atoms with E-state index in [0.29, 0.717) is 10.2 Å². The Kier molecular flexibility index (Phi) is 5.37. The molecule has 0 aliphatic rings. The maximum atomic E-state index is 13.7. The fraction of sp³-hybridized carbons (Fsp3) is 0.227. The Labute approximate surface area is 197 Å². The molecule has 12 heteroatoms. The van der Waals surface area contributed by atoms with E-state index in [-0.39, 0.29) is 29.1 Å². The van der Waals surface area contributed by atoms with Gasteiger partial charge in [0, 0.05) is 12.1 Å². The van der Waals surface area contributed by atoms with Gasteiger partial charge in [0.15, 0.2) is 1.41 Å². The highest BCUT2D eigenvalue weighted by Gasteiger charge is 2.40. The lowest BCUT2D eigenvalue weighted by atomic mass is 10.0. The fourth-order valence-corrected chi connectivity index (χ4v) is 3.13. The maximum absolute atomic E-state index is 13.7. The molecule has 0 saturated heterocycles. The molecule has 8 nitrogen and oxygen atoms in total. The van der Waals surface area contributed by atoms with E-state index >= 15 is 0 Å². The van der Waals surface area contributed by atoms with Gasteiger partial charge in [-0.15, -0.1) is 0 Å². The lowest BCUT2D eigenvalue weighted by molar-refractivity contribution is -0.164. The number of ether oxygens (including phenoxy) is 1. The minimum Gasteiger partial charge on any atom is -0.496 e. The number of rotatable bonds is 7. The van der Waals surface area contributed by atoms with Crippen molar-refractivity contribution in [2.75, 3.05) is 12.8 Å². The zero-order valence-electron chi connectivity index (χ0n) is 21.5. The van der Waals surface area contributed by atoms with Gasteiger partial charge in [-0.2, -0.15) is 18.3 Å². The molecular formula is C22H21F4N5O3. The molecule has 34 heavy (non-hydrogen) atoms. The van der Waals surface area contributed by atoms with Gasteiger partial charge < -0.3 is 21.5 Å². The summed E-state index contributed by atoms with van der Waals surface area (Å²) in [6.45, 7) is 0.707. The Hall–Kier alpha value is -4.09. The average molecular weight is 483 g/mol. The summed E-state index contributed by atoms with van der Waals surface area (Å²) in [4.78, 5) is 24.8. The number of hydrogen-bond donors (Lipinski definition) is 3. The highest BCUT2D eigenvalue weighted by molar-refractivity contribution is 6.03. The summed E-state index contributed by atoms with van der Waals surface area (Å²) in [5.41, 5.74) is 7.11.